The zero-order chi connectivity index (χ0) is 22.5. The Bertz CT molecular complexity index is 1030. The number of sulfonamides is 1. The molecule has 0 spiro atoms. The second kappa shape index (κ2) is 10.3. The Labute approximate surface area is 190 Å². The predicted molar refractivity (Wildman–Crippen MR) is 122 cm³/mol. The fourth-order valence-corrected chi connectivity index (χ4v) is 4.27. The second-order valence-corrected chi connectivity index (χ2v) is 9.88. The maximum absolute atomic E-state index is 13.2. The molecule has 2 aromatic carbocycles. The number of amides is 2. The van der Waals surface area contributed by atoms with Gasteiger partial charge < -0.3 is 10.2 Å². The van der Waals surface area contributed by atoms with Gasteiger partial charge in [-0.25, -0.2) is 8.42 Å². The summed E-state index contributed by atoms with van der Waals surface area (Å²) >= 11 is 9.54. The lowest BCUT2D eigenvalue weighted by Crippen LogP contribution is -2.50. The van der Waals surface area contributed by atoms with Crippen LogP contribution in [-0.4, -0.2) is 51.0 Å². The molecule has 0 saturated carbocycles. The minimum absolute atomic E-state index is 0.0587. The molecule has 1 N–H and O–H groups in total. The van der Waals surface area contributed by atoms with Gasteiger partial charge >= 0.3 is 0 Å². The van der Waals surface area contributed by atoms with Gasteiger partial charge in [-0.15, -0.1) is 0 Å². The van der Waals surface area contributed by atoms with Crippen molar-refractivity contribution in [3.8, 4) is 0 Å². The van der Waals surface area contributed by atoms with Crippen molar-refractivity contribution in [1.29, 1.82) is 0 Å². The number of carbonyl (C=O) groups excluding carboxylic acids is 2. The average molecular weight is 517 g/mol. The van der Waals surface area contributed by atoms with Crippen LogP contribution in [0.4, 0.5) is 5.69 Å². The van der Waals surface area contributed by atoms with E-state index in [1.165, 1.54) is 11.9 Å². The van der Waals surface area contributed by atoms with E-state index in [1.54, 1.807) is 55.5 Å². The third kappa shape index (κ3) is 6.20. The summed E-state index contributed by atoms with van der Waals surface area (Å²) < 4.78 is 26.5. The van der Waals surface area contributed by atoms with E-state index in [-0.39, 0.29) is 12.5 Å². The van der Waals surface area contributed by atoms with Gasteiger partial charge in [0.05, 0.1) is 11.9 Å². The zero-order valence-electron chi connectivity index (χ0n) is 16.8. The van der Waals surface area contributed by atoms with E-state index in [9.17, 15) is 18.0 Å². The maximum Gasteiger partial charge on any atom is 0.244 e. The van der Waals surface area contributed by atoms with Crippen LogP contribution in [0.3, 0.4) is 0 Å². The van der Waals surface area contributed by atoms with Crippen LogP contribution >= 0.6 is 27.5 Å². The van der Waals surface area contributed by atoms with Gasteiger partial charge in [-0.1, -0.05) is 51.8 Å². The van der Waals surface area contributed by atoms with Crippen molar-refractivity contribution < 1.29 is 18.0 Å². The molecule has 0 bridgehead atoms. The van der Waals surface area contributed by atoms with Crippen LogP contribution in [-0.2, 0) is 26.2 Å². The number of rotatable bonds is 8. The van der Waals surface area contributed by atoms with Gasteiger partial charge in [-0.05, 0) is 36.8 Å². The molecule has 0 heterocycles. The molecule has 0 saturated heterocycles. The topological polar surface area (TPSA) is 86.8 Å². The molecule has 7 nitrogen and oxygen atoms in total. The van der Waals surface area contributed by atoms with Crippen molar-refractivity contribution >= 4 is 55.1 Å². The summed E-state index contributed by atoms with van der Waals surface area (Å²) in [6, 6.07) is 12.8. The van der Waals surface area contributed by atoms with Crippen molar-refractivity contribution in [2.24, 2.45) is 0 Å². The van der Waals surface area contributed by atoms with Crippen LogP contribution in [0, 0.1) is 0 Å². The fraction of sp³-hybridized carbons (Fsp3) is 0.300. The molecule has 2 aromatic rings. The predicted octanol–water partition coefficient (Wildman–Crippen LogP) is 3.03. The number of hydrogen-bond donors (Lipinski definition) is 1. The molecule has 2 amide bonds. The number of halogens is 2. The number of carbonyl (C=O) groups is 2. The summed E-state index contributed by atoms with van der Waals surface area (Å²) in [6.07, 6.45) is 1.03. The molecule has 1 atom stereocenters. The van der Waals surface area contributed by atoms with E-state index in [0.717, 1.165) is 10.6 Å². The van der Waals surface area contributed by atoms with Crippen molar-refractivity contribution in [2.75, 3.05) is 24.2 Å². The minimum Gasteiger partial charge on any atom is -0.357 e. The third-order valence-electron chi connectivity index (χ3n) is 4.49. The first-order valence-corrected chi connectivity index (χ1v) is 12.0. The van der Waals surface area contributed by atoms with Crippen molar-refractivity contribution in [3.63, 3.8) is 0 Å². The van der Waals surface area contributed by atoms with Crippen LogP contribution in [0.5, 0.6) is 0 Å². The summed E-state index contributed by atoms with van der Waals surface area (Å²) in [5.74, 6) is -0.903. The summed E-state index contributed by atoms with van der Waals surface area (Å²) in [6.45, 7) is 1.18. The lowest BCUT2D eigenvalue weighted by molar-refractivity contribution is -0.139. The van der Waals surface area contributed by atoms with Gasteiger partial charge in [0, 0.05) is 23.1 Å². The van der Waals surface area contributed by atoms with E-state index >= 15 is 0 Å². The highest BCUT2D eigenvalue weighted by molar-refractivity contribution is 9.10. The standard InChI is InChI=1S/C20H23BrClN3O4S/c1-14(20(27)23-2)24(12-15-7-4-5-10-18(15)22)19(26)13-25(30(3,28)29)17-9-6-8-16(21)11-17/h4-11,14H,12-13H2,1-3H3,(H,23,27). The summed E-state index contributed by atoms with van der Waals surface area (Å²) in [5.41, 5.74) is 0.988. The molecule has 2 rings (SSSR count). The number of hydrogen-bond acceptors (Lipinski definition) is 4. The first-order valence-electron chi connectivity index (χ1n) is 9.02. The Kier molecular flexibility index (Phi) is 8.28. The van der Waals surface area contributed by atoms with Crippen molar-refractivity contribution in [1.82, 2.24) is 10.2 Å². The molecule has 0 fully saturated rings. The second-order valence-electron chi connectivity index (χ2n) is 6.65. The molecule has 1 unspecified atom stereocenters. The van der Waals surface area contributed by atoms with Crippen molar-refractivity contribution in [2.45, 2.75) is 19.5 Å². The van der Waals surface area contributed by atoms with Crippen LogP contribution in [0.1, 0.15) is 12.5 Å². The Morgan fingerprint density at radius 2 is 1.83 bits per heavy atom. The van der Waals surface area contributed by atoms with Gasteiger partial charge in [0.25, 0.3) is 0 Å². The molecule has 10 heteroatoms. The summed E-state index contributed by atoms with van der Waals surface area (Å²) in [4.78, 5) is 26.8. The smallest absolute Gasteiger partial charge is 0.244 e. The average Bonchev–Trinajstić information content (AvgIpc) is 2.69. The van der Waals surface area contributed by atoms with E-state index in [0.29, 0.717) is 20.7 Å². The first kappa shape index (κ1) is 24.2. The van der Waals surface area contributed by atoms with Gasteiger partial charge in [-0.2, -0.15) is 0 Å². The number of anilines is 1. The van der Waals surface area contributed by atoms with Gasteiger partial charge in [0.15, 0.2) is 0 Å². The van der Waals surface area contributed by atoms with E-state index in [1.807, 2.05) is 0 Å². The Morgan fingerprint density at radius 1 is 1.17 bits per heavy atom. The lowest BCUT2D eigenvalue weighted by Gasteiger charge is -2.31. The van der Waals surface area contributed by atoms with Crippen LogP contribution in [0.15, 0.2) is 53.0 Å². The van der Waals surface area contributed by atoms with E-state index in [4.69, 9.17) is 11.6 Å². The summed E-state index contributed by atoms with van der Waals surface area (Å²) in [7, 11) is -2.28. The van der Waals surface area contributed by atoms with Crippen LogP contribution in [0.2, 0.25) is 5.02 Å². The van der Waals surface area contributed by atoms with Gasteiger partial charge in [0.2, 0.25) is 21.8 Å². The van der Waals surface area contributed by atoms with E-state index in [2.05, 4.69) is 21.2 Å². The molecule has 0 aliphatic carbocycles. The molecule has 0 aromatic heterocycles. The molecule has 0 radical (unpaired) electrons. The largest absolute Gasteiger partial charge is 0.357 e. The number of benzene rings is 2. The van der Waals surface area contributed by atoms with Gasteiger partial charge in [0.1, 0.15) is 12.6 Å². The summed E-state index contributed by atoms with van der Waals surface area (Å²) in [5, 5.41) is 2.97. The normalized spacial score (nSPS) is 12.2. The zero-order valence-corrected chi connectivity index (χ0v) is 20.0. The fourth-order valence-electron chi connectivity index (χ4n) is 2.85. The highest BCUT2D eigenvalue weighted by atomic mass is 79.9. The Hall–Kier alpha value is -2.10. The van der Waals surface area contributed by atoms with E-state index < -0.39 is 28.5 Å². The maximum atomic E-state index is 13.2. The molecule has 0 aliphatic rings. The van der Waals surface area contributed by atoms with Gasteiger partial charge in [-0.3, -0.25) is 13.9 Å². The number of nitrogens with one attached hydrogen (secondary N) is 1. The third-order valence-corrected chi connectivity index (χ3v) is 6.49. The molecular formula is C20H23BrClN3O4S. The first-order chi connectivity index (χ1) is 14.0. The lowest BCUT2D eigenvalue weighted by atomic mass is 10.1. The number of nitrogens with zero attached hydrogens (tertiary/aromatic N) is 2. The minimum atomic E-state index is -3.76. The SMILES string of the molecule is CNC(=O)C(C)N(Cc1ccccc1Cl)C(=O)CN(c1cccc(Br)c1)S(C)(=O)=O. The van der Waals surface area contributed by atoms with Crippen LogP contribution < -0.4 is 9.62 Å². The highest BCUT2D eigenvalue weighted by Crippen LogP contribution is 2.23. The Morgan fingerprint density at radius 3 is 2.40 bits per heavy atom. The quantitative estimate of drug-likeness (QED) is 0.584. The highest BCUT2D eigenvalue weighted by Gasteiger charge is 2.30. The van der Waals surface area contributed by atoms with Crippen molar-refractivity contribution in [3.05, 3.63) is 63.6 Å². The number of likely N-dealkylation sites (N-methyl/N-ethyl adjacent to an activating group) is 1. The molecular weight excluding hydrogens is 494 g/mol. The Balaban J connectivity index is 2.40. The molecule has 162 valence electrons. The molecule has 0 aliphatic heterocycles. The molecule has 30 heavy (non-hydrogen) atoms. The monoisotopic (exact) mass is 515 g/mol. The van der Waals surface area contributed by atoms with Crippen LogP contribution in [0.25, 0.3) is 0 Å².